The molecule has 5 nitrogen and oxygen atoms in total. The largest absolute Gasteiger partial charge is 0.456 e. The van der Waals surface area contributed by atoms with Gasteiger partial charge in [-0.15, -0.1) is 0 Å². The van der Waals surface area contributed by atoms with Gasteiger partial charge in [0.1, 0.15) is 17.0 Å². The normalized spacial score (nSPS) is 13.6. The fourth-order valence-electron chi connectivity index (χ4n) is 7.74. The molecule has 2 aromatic heterocycles. The zero-order valence-electron chi connectivity index (χ0n) is 25.4. The summed E-state index contributed by atoms with van der Waals surface area (Å²) in [5.41, 5.74) is 7.76. The smallest absolute Gasteiger partial charge is 0.210 e. The highest BCUT2D eigenvalue weighted by molar-refractivity contribution is 7.92. The van der Waals surface area contributed by atoms with Gasteiger partial charge in [0.25, 0.3) is 0 Å². The molecule has 224 valence electrons. The van der Waals surface area contributed by atoms with Gasteiger partial charge < -0.3 is 4.42 Å². The number of aryl methyl sites for hydroxylation is 1. The zero-order valence-corrected chi connectivity index (χ0v) is 26.2. The third-order valence-electron chi connectivity index (χ3n) is 9.70. The molecule has 6 heteroatoms. The Hall–Kier alpha value is -5.72. The number of sulfone groups is 1. The van der Waals surface area contributed by atoms with Gasteiger partial charge in [-0.2, -0.15) is 0 Å². The fraction of sp³-hybridized carbons (Fsp3) is 0.0488. The molecule has 0 spiro atoms. The molecule has 0 saturated carbocycles. The SMILES string of the molecule is CCc1nc2cccc3c2n1-c1c(-c2c4ccccc4c(-c4ccc5c(c4)oc4ccccc45)c4ccccc24)cccc1S3(=O)=O. The van der Waals surface area contributed by atoms with Gasteiger partial charge in [0.2, 0.25) is 9.84 Å². The number of para-hydroxylation sites is 3. The molecule has 47 heavy (non-hydrogen) atoms. The molecule has 1 aliphatic rings. The topological polar surface area (TPSA) is 65.1 Å². The van der Waals surface area contributed by atoms with Crippen molar-refractivity contribution in [2.75, 3.05) is 0 Å². The number of hydrogen-bond donors (Lipinski definition) is 0. The Bertz CT molecular complexity index is 2860. The quantitative estimate of drug-likeness (QED) is 0.183. The zero-order chi connectivity index (χ0) is 31.4. The van der Waals surface area contributed by atoms with E-state index in [4.69, 9.17) is 9.40 Å². The van der Waals surface area contributed by atoms with Crippen molar-refractivity contribution in [3.8, 4) is 27.9 Å². The predicted octanol–water partition coefficient (Wildman–Crippen LogP) is 10.3. The van der Waals surface area contributed by atoms with E-state index < -0.39 is 9.84 Å². The van der Waals surface area contributed by atoms with Crippen LogP contribution >= 0.6 is 0 Å². The van der Waals surface area contributed by atoms with Gasteiger partial charge in [-0.1, -0.05) is 97.9 Å². The van der Waals surface area contributed by atoms with E-state index in [0.29, 0.717) is 32.9 Å². The lowest BCUT2D eigenvalue weighted by molar-refractivity contribution is 0.594. The average Bonchev–Trinajstić information content (AvgIpc) is 3.67. The van der Waals surface area contributed by atoms with Crippen LogP contribution in [0.15, 0.2) is 142 Å². The van der Waals surface area contributed by atoms with E-state index in [1.54, 1.807) is 18.2 Å². The van der Waals surface area contributed by atoms with Crippen LogP contribution in [0, 0.1) is 0 Å². The number of furan rings is 1. The number of hydrogen-bond acceptors (Lipinski definition) is 4. The van der Waals surface area contributed by atoms with Gasteiger partial charge in [0, 0.05) is 22.8 Å². The van der Waals surface area contributed by atoms with Gasteiger partial charge in [-0.25, -0.2) is 13.4 Å². The lowest BCUT2D eigenvalue weighted by Crippen LogP contribution is -2.17. The molecule has 9 aromatic rings. The maximum absolute atomic E-state index is 14.3. The molecule has 0 unspecified atom stereocenters. The highest BCUT2D eigenvalue weighted by Gasteiger charge is 2.35. The van der Waals surface area contributed by atoms with Crippen molar-refractivity contribution in [3.05, 3.63) is 133 Å². The third kappa shape index (κ3) is 3.48. The predicted molar refractivity (Wildman–Crippen MR) is 189 cm³/mol. The van der Waals surface area contributed by atoms with Crippen LogP contribution in [0.4, 0.5) is 0 Å². The fourth-order valence-corrected chi connectivity index (χ4v) is 9.40. The van der Waals surface area contributed by atoms with E-state index in [-0.39, 0.29) is 0 Å². The number of rotatable bonds is 3. The summed E-state index contributed by atoms with van der Waals surface area (Å²) >= 11 is 0. The Kier molecular flexibility index (Phi) is 5.30. The molecule has 0 bridgehead atoms. The van der Waals surface area contributed by atoms with Crippen molar-refractivity contribution < 1.29 is 12.8 Å². The lowest BCUT2D eigenvalue weighted by atomic mass is 9.85. The summed E-state index contributed by atoms with van der Waals surface area (Å²) in [5, 5.41) is 6.45. The highest BCUT2D eigenvalue weighted by atomic mass is 32.2. The number of nitrogens with zero attached hydrogens (tertiary/aromatic N) is 2. The number of benzene rings is 7. The molecule has 0 fully saturated rings. The summed E-state index contributed by atoms with van der Waals surface area (Å²) in [6, 6.07) is 42.5. The summed E-state index contributed by atoms with van der Waals surface area (Å²) in [6.45, 7) is 2.06. The average molecular weight is 627 g/mol. The van der Waals surface area contributed by atoms with E-state index >= 15 is 0 Å². The maximum Gasteiger partial charge on any atom is 0.210 e. The summed E-state index contributed by atoms with van der Waals surface area (Å²) < 4.78 is 36.9. The number of fused-ring (bicyclic) bond motifs is 7. The lowest BCUT2D eigenvalue weighted by Gasteiger charge is -2.25. The molecule has 0 atom stereocenters. The standard InChI is InChI=1S/C41H26N2O3S/c1-2-37-42-32-17-10-20-36-41(32)43(37)40-31(16-9-19-35(40)47(36,44)45)39-29-14-5-3-12-27(29)38(28-13-4-6-15-30(28)39)24-21-22-26-25-11-7-8-18-33(25)46-34(26)23-24/h3-23H,2H2,1H3. The van der Waals surface area contributed by atoms with Gasteiger partial charge in [-0.3, -0.25) is 4.57 Å². The molecule has 0 saturated heterocycles. The first-order valence-corrected chi connectivity index (χ1v) is 17.3. The van der Waals surface area contributed by atoms with Crippen molar-refractivity contribution in [1.29, 1.82) is 0 Å². The number of aromatic nitrogens is 2. The Morgan fingerprint density at radius 1 is 0.617 bits per heavy atom. The Morgan fingerprint density at radius 3 is 1.96 bits per heavy atom. The van der Waals surface area contributed by atoms with Crippen LogP contribution in [0.25, 0.3) is 82.5 Å². The molecule has 10 rings (SSSR count). The van der Waals surface area contributed by atoms with E-state index in [2.05, 4.69) is 90.4 Å². The summed E-state index contributed by atoms with van der Waals surface area (Å²) in [5.74, 6) is 0.834. The van der Waals surface area contributed by atoms with Gasteiger partial charge in [-0.05, 0) is 74.6 Å². The molecular weight excluding hydrogens is 601 g/mol. The van der Waals surface area contributed by atoms with E-state index in [9.17, 15) is 8.42 Å². The molecule has 3 heterocycles. The molecule has 0 radical (unpaired) electrons. The first-order valence-electron chi connectivity index (χ1n) is 15.8. The van der Waals surface area contributed by atoms with Crippen molar-refractivity contribution >= 4 is 64.4 Å². The number of imidazole rings is 1. The van der Waals surface area contributed by atoms with E-state index in [0.717, 1.165) is 71.6 Å². The molecule has 1 aliphatic heterocycles. The Labute approximate surface area is 270 Å². The van der Waals surface area contributed by atoms with Crippen molar-refractivity contribution in [3.63, 3.8) is 0 Å². The van der Waals surface area contributed by atoms with Crippen LogP contribution in [0.5, 0.6) is 0 Å². The van der Waals surface area contributed by atoms with Gasteiger partial charge in [0.05, 0.1) is 26.5 Å². The van der Waals surface area contributed by atoms with Crippen molar-refractivity contribution in [2.45, 2.75) is 23.1 Å². The van der Waals surface area contributed by atoms with Crippen LogP contribution in [0.3, 0.4) is 0 Å². The second-order valence-electron chi connectivity index (χ2n) is 12.1. The third-order valence-corrected chi connectivity index (χ3v) is 11.5. The van der Waals surface area contributed by atoms with E-state index in [1.807, 2.05) is 30.3 Å². The van der Waals surface area contributed by atoms with Crippen LogP contribution in [-0.4, -0.2) is 18.0 Å². The molecule has 0 aliphatic carbocycles. The maximum atomic E-state index is 14.3. The minimum Gasteiger partial charge on any atom is -0.456 e. The summed E-state index contributed by atoms with van der Waals surface area (Å²) in [6.07, 6.45) is 0.659. The molecule has 7 aromatic carbocycles. The van der Waals surface area contributed by atoms with Gasteiger partial charge >= 0.3 is 0 Å². The highest BCUT2D eigenvalue weighted by Crippen LogP contribution is 2.49. The summed E-state index contributed by atoms with van der Waals surface area (Å²) in [7, 11) is -3.79. The van der Waals surface area contributed by atoms with E-state index in [1.165, 1.54) is 0 Å². The van der Waals surface area contributed by atoms with Crippen LogP contribution in [0.1, 0.15) is 12.7 Å². The minimum absolute atomic E-state index is 0.301. The first-order chi connectivity index (χ1) is 23.0. The first kappa shape index (κ1) is 26.5. The summed E-state index contributed by atoms with van der Waals surface area (Å²) in [4.78, 5) is 5.52. The van der Waals surface area contributed by atoms with Crippen molar-refractivity contribution in [2.24, 2.45) is 0 Å². The van der Waals surface area contributed by atoms with Crippen LogP contribution in [-0.2, 0) is 16.3 Å². The molecule has 0 amide bonds. The molecular formula is C41H26N2O3S. The second-order valence-corrected chi connectivity index (χ2v) is 14.0. The minimum atomic E-state index is -3.79. The Balaban J connectivity index is 1.34. The Morgan fingerprint density at radius 2 is 1.23 bits per heavy atom. The second kappa shape index (κ2) is 9.41. The van der Waals surface area contributed by atoms with Crippen LogP contribution < -0.4 is 0 Å². The monoisotopic (exact) mass is 626 g/mol. The van der Waals surface area contributed by atoms with Crippen LogP contribution in [0.2, 0.25) is 0 Å². The molecule has 0 N–H and O–H groups in total. The van der Waals surface area contributed by atoms with Gasteiger partial charge in [0.15, 0.2) is 0 Å². The van der Waals surface area contributed by atoms with Crippen molar-refractivity contribution in [1.82, 2.24) is 9.55 Å².